The van der Waals surface area contributed by atoms with Gasteiger partial charge in [-0.05, 0) is 66.6 Å². The van der Waals surface area contributed by atoms with Crippen molar-refractivity contribution in [2.75, 3.05) is 0 Å². The first-order chi connectivity index (χ1) is 12.4. The lowest BCUT2D eigenvalue weighted by atomic mass is 9.79. The number of hydrogen-bond acceptors (Lipinski definition) is 1. The number of alkyl halides is 3. The zero-order valence-electron chi connectivity index (χ0n) is 14.6. The summed E-state index contributed by atoms with van der Waals surface area (Å²) in [6, 6.07) is 13.9. The van der Waals surface area contributed by atoms with Gasteiger partial charge in [0.1, 0.15) is 5.75 Å². The second-order valence-electron chi connectivity index (χ2n) is 6.90. The van der Waals surface area contributed by atoms with Gasteiger partial charge in [0.25, 0.3) is 0 Å². The molecule has 1 nitrogen and oxygen atoms in total. The Balaban J connectivity index is 1.63. The molecule has 0 atom stereocenters. The molecule has 0 radical (unpaired) electrons. The van der Waals surface area contributed by atoms with Crippen LogP contribution in [0.2, 0.25) is 0 Å². The summed E-state index contributed by atoms with van der Waals surface area (Å²) in [7, 11) is 0. The molecule has 1 aliphatic rings. The van der Waals surface area contributed by atoms with E-state index in [1.54, 1.807) is 0 Å². The van der Waals surface area contributed by atoms with E-state index in [0.29, 0.717) is 11.5 Å². The first-order valence-electron chi connectivity index (χ1n) is 8.87. The van der Waals surface area contributed by atoms with E-state index in [4.69, 9.17) is 0 Å². The summed E-state index contributed by atoms with van der Waals surface area (Å²) in [6.45, 7) is 2.32. The number of halogens is 3. The van der Waals surface area contributed by atoms with Gasteiger partial charge in [-0.15, -0.1) is 13.2 Å². The summed E-state index contributed by atoms with van der Waals surface area (Å²) < 4.78 is 40.3. The number of ether oxygens (including phenoxy) is 1. The van der Waals surface area contributed by atoms with Crippen LogP contribution < -0.4 is 4.74 Å². The van der Waals surface area contributed by atoms with Gasteiger partial charge in [0, 0.05) is 11.1 Å². The molecular weight excluding hydrogens is 337 g/mol. The average Bonchev–Trinajstić information content (AvgIpc) is 2.61. The maximum absolute atomic E-state index is 12.1. The van der Waals surface area contributed by atoms with Crippen molar-refractivity contribution in [1.82, 2.24) is 0 Å². The second kappa shape index (κ2) is 7.86. The fourth-order valence-corrected chi connectivity index (χ4v) is 3.32. The molecule has 26 heavy (non-hydrogen) atoms. The van der Waals surface area contributed by atoms with Crippen molar-refractivity contribution in [3.05, 3.63) is 65.2 Å². The molecule has 0 bridgehead atoms. The Labute approximate surface area is 152 Å². The van der Waals surface area contributed by atoms with Crippen molar-refractivity contribution in [2.24, 2.45) is 5.92 Å². The van der Waals surface area contributed by atoms with Crippen LogP contribution in [0.25, 0.3) is 0 Å². The van der Waals surface area contributed by atoms with E-state index in [0.717, 1.165) is 11.5 Å². The van der Waals surface area contributed by atoms with Gasteiger partial charge in [-0.25, -0.2) is 0 Å². The van der Waals surface area contributed by atoms with Crippen molar-refractivity contribution < 1.29 is 17.9 Å². The zero-order valence-corrected chi connectivity index (χ0v) is 14.6. The molecule has 4 heteroatoms. The first-order valence-corrected chi connectivity index (χ1v) is 8.87. The van der Waals surface area contributed by atoms with E-state index in [-0.39, 0.29) is 5.75 Å². The van der Waals surface area contributed by atoms with Crippen LogP contribution in [0, 0.1) is 17.8 Å². The molecule has 0 heterocycles. The quantitative estimate of drug-likeness (QED) is 0.574. The van der Waals surface area contributed by atoms with Crippen LogP contribution in [0.1, 0.15) is 55.2 Å². The molecule has 0 aromatic heterocycles. The van der Waals surface area contributed by atoms with Gasteiger partial charge in [0.2, 0.25) is 0 Å². The maximum Gasteiger partial charge on any atom is 0.573 e. The minimum atomic E-state index is -4.68. The highest BCUT2D eigenvalue weighted by Gasteiger charge is 2.30. The second-order valence-corrected chi connectivity index (χ2v) is 6.90. The lowest BCUT2D eigenvalue weighted by Gasteiger charge is -2.26. The summed E-state index contributed by atoms with van der Waals surface area (Å²) in [6.07, 6.45) is 0.406. The topological polar surface area (TPSA) is 9.23 Å². The summed E-state index contributed by atoms with van der Waals surface area (Å²) in [5.41, 5.74) is 2.91. The van der Waals surface area contributed by atoms with Crippen molar-refractivity contribution in [3.63, 3.8) is 0 Å². The van der Waals surface area contributed by atoms with Gasteiger partial charge in [-0.1, -0.05) is 43.7 Å². The third kappa shape index (κ3) is 5.29. The summed E-state index contributed by atoms with van der Waals surface area (Å²) in [4.78, 5) is 0. The van der Waals surface area contributed by atoms with Gasteiger partial charge in [0.15, 0.2) is 0 Å². The Hall–Kier alpha value is -2.41. The van der Waals surface area contributed by atoms with Crippen LogP contribution in [-0.4, -0.2) is 6.36 Å². The van der Waals surface area contributed by atoms with Crippen LogP contribution in [0.4, 0.5) is 13.2 Å². The number of hydrogen-bond donors (Lipinski definition) is 0. The highest BCUT2D eigenvalue weighted by molar-refractivity contribution is 5.45. The van der Waals surface area contributed by atoms with Gasteiger partial charge < -0.3 is 4.74 Å². The predicted molar refractivity (Wildman–Crippen MR) is 95.9 cm³/mol. The molecule has 0 unspecified atom stereocenters. The Kier molecular flexibility index (Phi) is 5.56. The molecule has 136 valence electrons. The highest BCUT2D eigenvalue weighted by Crippen LogP contribution is 2.35. The predicted octanol–water partition coefficient (Wildman–Crippen LogP) is 6.28. The molecule has 1 fully saturated rings. The standard InChI is InChI=1S/C22H21F3O/c1-16-2-10-19(11-3-16)20-12-6-17(7-13-20)4-5-18-8-14-21(15-9-18)26-22(23,24)25/h6-9,12-16,19H,2-3,10-11H2,1H3. The summed E-state index contributed by atoms with van der Waals surface area (Å²) in [5, 5.41) is 0. The molecule has 0 spiro atoms. The normalized spacial score (nSPS) is 20.2. The third-order valence-electron chi connectivity index (χ3n) is 4.84. The van der Waals surface area contributed by atoms with Crippen LogP contribution in [0.5, 0.6) is 5.75 Å². The van der Waals surface area contributed by atoms with Crippen LogP contribution in [0.15, 0.2) is 48.5 Å². The van der Waals surface area contributed by atoms with E-state index >= 15 is 0 Å². The first kappa shape index (κ1) is 18.4. The van der Waals surface area contributed by atoms with Gasteiger partial charge in [0.05, 0.1) is 0 Å². The van der Waals surface area contributed by atoms with Crippen molar-refractivity contribution >= 4 is 0 Å². The van der Waals surface area contributed by atoms with Crippen LogP contribution in [-0.2, 0) is 0 Å². The van der Waals surface area contributed by atoms with E-state index in [1.807, 2.05) is 12.1 Å². The fourth-order valence-electron chi connectivity index (χ4n) is 3.32. The maximum atomic E-state index is 12.1. The number of benzene rings is 2. The van der Waals surface area contributed by atoms with E-state index in [1.165, 1.54) is 55.5 Å². The van der Waals surface area contributed by atoms with Crippen molar-refractivity contribution in [1.29, 1.82) is 0 Å². The Morgan fingerprint density at radius 1 is 0.808 bits per heavy atom. The van der Waals surface area contributed by atoms with E-state index in [9.17, 15) is 13.2 Å². The largest absolute Gasteiger partial charge is 0.573 e. The third-order valence-corrected chi connectivity index (χ3v) is 4.84. The Bertz CT molecular complexity index is 771. The van der Waals surface area contributed by atoms with Crippen molar-refractivity contribution in [3.8, 4) is 17.6 Å². The zero-order chi connectivity index (χ0) is 18.6. The Morgan fingerprint density at radius 3 is 1.81 bits per heavy atom. The number of rotatable bonds is 2. The molecule has 1 aliphatic carbocycles. The average molecular weight is 358 g/mol. The molecule has 2 aromatic rings. The smallest absolute Gasteiger partial charge is 0.406 e. The van der Waals surface area contributed by atoms with Crippen LogP contribution in [0.3, 0.4) is 0 Å². The summed E-state index contributed by atoms with van der Waals surface area (Å²) >= 11 is 0. The minimum absolute atomic E-state index is 0.241. The molecule has 0 aliphatic heterocycles. The van der Waals surface area contributed by atoms with Crippen LogP contribution >= 0.6 is 0 Å². The highest BCUT2D eigenvalue weighted by atomic mass is 19.4. The molecule has 0 amide bonds. The molecule has 0 N–H and O–H groups in total. The van der Waals surface area contributed by atoms with Crippen molar-refractivity contribution in [2.45, 2.75) is 44.9 Å². The molecule has 0 saturated heterocycles. The van der Waals surface area contributed by atoms with E-state index in [2.05, 4.69) is 35.6 Å². The van der Waals surface area contributed by atoms with Gasteiger partial charge in [-0.3, -0.25) is 0 Å². The molecule has 1 saturated carbocycles. The lowest BCUT2D eigenvalue weighted by Crippen LogP contribution is -2.16. The SMILES string of the molecule is CC1CCC(c2ccc(C#Cc3ccc(OC(F)(F)F)cc3)cc2)CC1. The molecule has 2 aromatic carbocycles. The minimum Gasteiger partial charge on any atom is -0.406 e. The fraction of sp³-hybridized carbons (Fsp3) is 0.364. The molecule has 3 rings (SSSR count). The summed E-state index contributed by atoms with van der Waals surface area (Å²) in [5.74, 6) is 7.27. The lowest BCUT2D eigenvalue weighted by molar-refractivity contribution is -0.274. The van der Waals surface area contributed by atoms with E-state index < -0.39 is 6.36 Å². The Morgan fingerprint density at radius 2 is 1.31 bits per heavy atom. The monoisotopic (exact) mass is 358 g/mol. The van der Waals surface area contributed by atoms with Gasteiger partial charge in [-0.2, -0.15) is 0 Å². The van der Waals surface area contributed by atoms with Gasteiger partial charge >= 0.3 is 6.36 Å². The molecular formula is C22H21F3O.